The molecule has 144 valence electrons. The van der Waals surface area contributed by atoms with Gasteiger partial charge in [0.2, 0.25) is 5.88 Å². The predicted octanol–water partition coefficient (Wildman–Crippen LogP) is 4.01. The summed E-state index contributed by atoms with van der Waals surface area (Å²) in [4.78, 5) is 15.3. The van der Waals surface area contributed by atoms with E-state index >= 15 is 0 Å². The molecule has 2 heterocycles. The summed E-state index contributed by atoms with van der Waals surface area (Å²) in [5.74, 6) is 3.97. The maximum Gasteiger partial charge on any atom is 0.574 e. The number of aromatic carboxylic acids is 1. The first-order chi connectivity index (χ1) is 13.2. The Kier molecular flexibility index (Phi) is 4.96. The van der Waals surface area contributed by atoms with Crippen molar-refractivity contribution in [3.05, 3.63) is 53.3 Å². The molecule has 0 radical (unpaired) electrons. The number of aromatic nitrogens is 3. The molecule has 3 rings (SSSR count). The third kappa shape index (κ3) is 3.76. The maximum atomic E-state index is 12.3. The highest BCUT2D eigenvalue weighted by Gasteiger charge is 2.31. The Morgan fingerprint density at radius 2 is 2.00 bits per heavy atom. The van der Waals surface area contributed by atoms with Gasteiger partial charge in [0.25, 0.3) is 0 Å². The van der Waals surface area contributed by atoms with Crippen LogP contribution >= 0.6 is 0 Å². The Balaban J connectivity index is 2.06. The van der Waals surface area contributed by atoms with E-state index in [1.807, 2.05) is 0 Å². The van der Waals surface area contributed by atoms with Crippen LogP contribution in [-0.4, -0.2) is 32.2 Å². The number of hydrogen-bond donors (Lipinski definition) is 1. The molecule has 1 aromatic carbocycles. The van der Waals surface area contributed by atoms with Gasteiger partial charge >= 0.3 is 12.3 Å². The second kappa shape index (κ2) is 7.23. The molecule has 0 bridgehead atoms. The lowest BCUT2D eigenvalue weighted by molar-refractivity contribution is -0.276. The predicted molar refractivity (Wildman–Crippen MR) is 94.0 cm³/mol. The Labute approximate surface area is 157 Å². The zero-order valence-corrected chi connectivity index (χ0v) is 14.8. The molecule has 0 saturated carbocycles. The number of hydrogen-bond acceptors (Lipinski definition) is 4. The molecule has 2 aromatic heterocycles. The van der Waals surface area contributed by atoms with E-state index in [1.54, 1.807) is 19.9 Å². The van der Waals surface area contributed by atoms with E-state index in [0.717, 1.165) is 6.07 Å². The molecule has 0 aliphatic carbocycles. The normalized spacial score (nSPS) is 12.3. The molecule has 6 nitrogen and oxygen atoms in total. The molecule has 0 aliphatic rings. The summed E-state index contributed by atoms with van der Waals surface area (Å²) in [6.07, 6.45) is -2.08. The number of carboxylic acids is 1. The third-order valence-corrected chi connectivity index (χ3v) is 4.08. The van der Waals surface area contributed by atoms with Gasteiger partial charge in [0, 0.05) is 23.2 Å². The van der Waals surface area contributed by atoms with Crippen LogP contribution in [0.15, 0.2) is 36.7 Å². The van der Waals surface area contributed by atoms with E-state index < -0.39 is 24.3 Å². The van der Waals surface area contributed by atoms with Crippen LogP contribution in [0.3, 0.4) is 0 Å². The van der Waals surface area contributed by atoms with Crippen molar-refractivity contribution in [3.63, 3.8) is 0 Å². The number of ether oxygens (including phenoxy) is 1. The van der Waals surface area contributed by atoms with Crippen LogP contribution in [0.1, 0.15) is 41.4 Å². The fourth-order valence-electron chi connectivity index (χ4n) is 2.83. The minimum atomic E-state index is -4.83. The van der Waals surface area contributed by atoms with Crippen LogP contribution in [0.2, 0.25) is 0 Å². The van der Waals surface area contributed by atoms with E-state index in [4.69, 9.17) is 0 Å². The third-order valence-electron chi connectivity index (χ3n) is 4.08. The fourth-order valence-corrected chi connectivity index (χ4v) is 2.83. The van der Waals surface area contributed by atoms with Crippen molar-refractivity contribution in [3.8, 4) is 17.7 Å². The quantitative estimate of drug-likeness (QED) is 0.683. The number of benzene rings is 1. The molecule has 28 heavy (non-hydrogen) atoms. The second-order valence-corrected chi connectivity index (χ2v) is 5.85. The van der Waals surface area contributed by atoms with Gasteiger partial charge in [0.05, 0.1) is 23.3 Å². The SMILES string of the molecule is CC#Cc1ccc(C(=O)O)c2c1cnn2C(C)c1ccc(OC(F)(F)F)nc1. The zero-order valence-electron chi connectivity index (χ0n) is 14.8. The highest BCUT2D eigenvalue weighted by Crippen LogP contribution is 2.29. The first-order valence-electron chi connectivity index (χ1n) is 8.09. The van der Waals surface area contributed by atoms with Gasteiger partial charge in [-0.2, -0.15) is 5.10 Å². The number of halogens is 3. The summed E-state index contributed by atoms with van der Waals surface area (Å²) < 4.78 is 42.1. The van der Waals surface area contributed by atoms with Crippen molar-refractivity contribution < 1.29 is 27.8 Å². The van der Waals surface area contributed by atoms with Gasteiger partial charge in [-0.1, -0.05) is 5.92 Å². The van der Waals surface area contributed by atoms with Crippen LogP contribution in [0, 0.1) is 11.8 Å². The van der Waals surface area contributed by atoms with Gasteiger partial charge in [0.1, 0.15) is 0 Å². The van der Waals surface area contributed by atoms with E-state index in [9.17, 15) is 23.1 Å². The highest BCUT2D eigenvalue weighted by molar-refractivity contribution is 6.03. The van der Waals surface area contributed by atoms with Crippen LogP contribution < -0.4 is 4.74 Å². The number of pyridine rings is 1. The lowest BCUT2D eigenvalue weighted by atomic mass is 10.0. The molecule has 0 aliphatic heterocycles. The topological polar surface area (TPSA) is 77.2 Å². The summed E-state index contributed by atoms with van der Waals surface area (Å²) in [6, 6.07) is 5.09. The summed E-state index contributed by atoms with van der Waals surface area (Å²) in [5, 5.41) is 14.4. The average Bonchev–Trinajstić information content (AvgIpc) is 3.06. The number of carboxylic acid groups (broad SMARTS) is 1. The molecule has 0 fully saturated rings. The summed E-state index contributed by atoms with van der Waals surface area (Å²) in [5.41, 5.74) is 1.58. The molecular weight excluding hydrogens is 375 g/mol. The molecule has 3 aromatic rings. The van der Waals surface area contributed by atoms with Crippen LogP contribution in [0.5, 0.6) is 5.88 Å². The Bertz CT molecular complexity index is 1090. The smallest absolute Gasteiger partial charge is 0.478 e. The van der Waals surface area contributed by atoms with Crippen LogP contribution in [-0.2, 0) is 0 Å². The zero-order chi connectivity index (χ0) is 20.5. The number of carbonyl (C=O) groups is 1. The first kappa shape index (κ1) is 19.2. The number of alkyl halides is 3. The lowest BCUT2D eigenvalue weighted by Gasteiger charge is -2.16. The molecule has 0 amide bonds. The minimum Gasteiger partial charge on any atom is -0.478 e. The standard InChI is InChI=1S/C19H14F3N3O3/c1-3-4-12-5-7-14(18(26)27)17-15(12)10-24-25(17)11(2)13-6-8-16(23-9-13)28-19(20,21)22/h5-11H,1-2H3,(H,26,27). The largest absolute Gasteiger partial charge is 0.574 e. The fraction of sp³-hybridized carbons (Fsp3) is 0.211. The Hall–Kier alpha value is -3.54. The summed E-state index contributed by atoms with van der Waals surface area (Å²) in [7, 11) is 0. The van der Waals surface area contributed by atoms with Crippen molar-refractivity contribution in [1.82, 2.24) is 14.8 Å². The van der Waals surface area contributed by atoms with Gasteiger partial charge < -0.3 is 9.84 Å². The monoisotopic (exact) mass is 389 g/mol. The molecule has 0 saturated heterocycles. The number of nitrogens with zero attached hydrogens (tertiary/aromatic N) is 3. The summed E-state index contributed by atoms with van der Waals surface area (Å²) >= 11 is 0. The Morgan fingerprint density at radius 1 is 1.25 bits per heavy atom. The lowest BCUT2D eigenvalue weighted by Crippen LogP contribution is -2.18. The van der Waals surface area contributed by atoms with Crippen molar-refractivity contribution in [2.45, 2.75) is 26.3 Å². The minimum absolute atomic E-state index is 0.0472. The molecule has 9 heteroatoms. The van der Waals surface area contributed by atoms with Crippen molar-refractivity contribution in [1.29, 1.82) is 0 Å². The first-order valence-corrected chi connectivity index (χ1v) is 8.09. The highest BCUT2D eigenvalue weighted by atomic mass is 19.4. The van der Waals surface area contributed by atoms with Crippen molar-refractivity contribution in [2.24, 2.45) is 0 Å². The van der Waals surface area contributed by atoms with Crippen molar-refractivity contribution >= 4 is 16.9 Å². The van der Waals surface area contributed by atoms with Crippen LogP contribution in [0.25, 0.3) is 10.9 Å². The average molecular weight is 389 g/mol. The summed E-state index contributed by atoms with van der Waals surface area (Å²) in [6.45, 7) is 3.40. The van der Waals surface area contributed by atoms with Crippen molar-refractivity contribution in [2.75, 3.05) is 0 Å². The molecule has 0 spiro atoms. The van der Waals surface area contributed by atoms with E-state index in [1.165, 1.54) is 29.2 Å². The number of fused-ring (bicyclic) bond motifs is 1. The molecular formula is C19H14F3N3O3. The van der Waals surface area contributed by atoms with Gasteiger partial charge in [-0.05, 0) is 37.6 Å². The van der Waals surface area contributed by atoms with E-state index in [-0.39, 0.29) is 5.56 Å². The Morgan fingerprint density at radius 3 is 2.57 bits per heavy atom. The molecule has 1 atom stereocenters. The van der Waals surface area contributed by atoms with Gasteiger partial charge in [0.15, 0.2) is 0 Å². The van der Waals surface area contributed by atoms with Gasteiger partial charge in [-0.3, -0.25) is 4.68 Å². The van der Waals surface area contributed by atoms with Gasteiger partial charge in [-0.15, -0.1) is 19.1 Å². The second-order valence-electron chi connectivity index (χ2n) is 5.85. The number of rotatable bonds is 4. The maximum absolute atomic E-state index is 12.3. The molecule has 1 N–H and O–H groups in total. The van der Waals surface area contributed by atoms with Gasteiger partial charge in [-0.25, -0.2) is 9.78 Å². The van der Waals surface area contributed by atoms with Crippen LogP contribution in [0.4, 0.5) is 13.2 Å². The molecule has 1 unspecified atom stereocenters. The van der Waals surface area contributed by atoms with E-state index in [2.05, 4.69) is 26.7 Å². The van der Waals surface area contributed by atoms with E-state index in [0.29, 0.717) is 22.0 Å².